The molecular weight excluding hydrogens is 375 g/mol. The van der Waals surface area contributed by atoms with Gasteiger partial charge in [0.05, 0.1) is 10.5 Å². The third-order valence-electron chi connectivity index (χ3n) is 5.35. The number of hydrogen-bond acceptors (Lipinski definition) is 4. The minimum Gasteiger partial charge on any atom is -0.360 e. The Balaban J connectivity index is 1.95. The molecule has 3 aromatic rings. The van der Waals surface area contributed by atoms with Gasteiger partial charge in [-0.3, -0.25) is 9.59 Å². The van der Waals surface area contributed by atoms with Gasteiger partial charge in [0.25, 0.3) is 5.56 Å². The highest BCUT2D eigenvalue weighted by Crippen LogP contribution is 2.38. The van der Waals surface area contributed by atoms with Crippen LogP contribution in [-0.2, 0) is 4.79 Å². The number of halogens is 2. The van der Waals surface area contributed by atoms with Crippen molar-refractivity contribution < 1.29 is 9.32 Å². The van der Waals surface area contributed by atoms with Crippen LogP contribution in [0.4, 0.5) is 0 Å². The van der Waals surface area contributed by atoms with Crippen LogP contribution >= 0.6 is 23.2 Å². The maximum atomic E-state index is 13.3. The molecule has 0 amide bonds. The van der Waals surface area contributed by atoms with Gasteiger partial charge >= 0.3 is 0 Å². The predicted octanol–water partition coefficient (Wildman–Crippen LogP) is 4.99. The Bertz CT molecular complexity index is 1070. The largest absolute Gasteiger partial charge is 0.360 e. The van der Waals surface area contributed by atoms with Gasteiger partial charge in [0.15, 0.2) is 0 Å². The minimum absolute atomic E-state index is 0.00284. The van der Waals surface area contributed by atoms with Crippen LogP contribution in [0.5, 0.6) is 0 Å². The molecule has 0 bridgehead atoms. The van der Waals surface area contributed by atoms with Crippen molar-refractivity contribution in [1.29, 1.82) is 0 Å². The summed E-state index contributed by atoms with van der Waals surface area (Å²) in [7, 11) is 0. The number of rotatable bonds is 3. The summed E-state index contributed by atoms with van der Waals surface area (Å²) in [5, 5.41) is 5.50. The fraction of sp³-hybridized carbons (Fsp3) is 0.421. The average molecular weight is 393 g/mol. The highest BCUT2D eigenvalue weighted by atomic mass is 35.5. The lowest BCUT2D eigenvalue weighted by Gasteiger charge is -2.31. The summed E-state index contributed by atoms with van der Waals surface area (Å²) in [6.07, 6.45) is 3.88. The van der Waals surface area contributed by atoms with E-state index in [1.807, 2.05) is 16.7 Å². The van der Waals surface area contributed by atoms with E-state index in [0.717, 1.165) is 36.6 Å². The number of benzene rings is 1. The molecule has 7 heteroatoms. The van der Waals surface area contributed by atoms with Gasteiger partial charge in [0.2, 0.25) is 5.24 Å². The molecule has 26 heavy (non-hydrogen) atoms. The summed E-state index contributed by atoms with van der Waals surface area (Å²) >= 11 is 12.0. The molecule has 2 atom stereocenters. The summed E-state index contributed by atoms with van der Waals surface area (Å²) in [6.45, 7) is 1.74. The van der Waals surface area contributed by atoms with E-state index >= 15 is 0 Å². The van der Waals surface area contributed by atoms with Crippen molar-refractivity contribution in [2.24, 2.45) is 5.92 Å². The highest BCUT2D eigenvalue weighted by Gasteiger charge is 2.28. The lowest BCUT2D eigenvalue weighted by atomic mass is 9.83. The van der Waals surface area contributed by atoms with Crippen molar-refractivity contribution in [2.45, 2.75) is 45.1 Å². The van der Waals surface area contributed by atoms with Gasteiger partial charge in [-0.05, 0) is 55.8 Å². The molecule has 1 aliphatic rings. The maximum absolute atomic E-state index is 13.3. The number of aromatic nitrogens is 2. The summed E-state index contributed by atoms with van der Waals surface area (Å²) < 4.78 is 7.11. The summed E-state index contributed by atoms with van der Waals surface area (Å²) in [6, 6.07) is 5.51. The molecule has 2 unspecified atom stereocenters. The Morgan fingerprint density at radius 1 is 1.35 bits per heavy atom. The number of fused-ring (bicyclic) bond motifs is 3. The van der Waals surface area contributed by atoms with Crippen molar-refractivity contribution >= 4 is 50.3 Å². The highest BCUT2D eigenvalue weighted by molar-refractivity contribution is 6.63. The average Bonchev–Trinajstić information content (AvgIpc) is 2.97. The first-order chi connectivity index (χ1) is 12.5. The number of aryl methyl sites for hydroxylation is 1. The van der Waals surface area contributed by atoms with Crippen LogP contribution in [0.3, 0.4) is 0 Å². The van der Waals surface area contributed by atoms with E-state index in [-0.39, 0.29) is 22.8 Å². The number of carbonyl (C=O) groups is 1. The summed E-state index contributed by atoms with van der Waals surface area (Å²) in [5.41, 5.74) is 1.15. The Labute approximate surface area is 159 Å². The molecule has 0 N–H and O–H groups in total. The predicted molar refractivity (Wildman–Crippen MR) is 102 cm³/mol. The zero-order valence-corrected chi connectivity index (χ0v) is 15.8. The Morgan fingerprint density at radius 3 is 2.92 bits per heavy atom. The van der Waals surface area contributed by atoms with Crippen LogP contribution in [0.2, 0.25) is 5.02 Å². The van der Waals surface area contributed by atoms with E-state index in [4.69, 9.17) is 27.7 Å². The van der Waals surface area contributed by atoms with Gasteiger partial charge in [0, 0.05) is 17.8 Å². The van der Waals surface area contributed by atoms with Crippen LogP contribution in [0.25, 0.3) is 21.8 Å². The second-order valence-electron chi connectivity index (χ2n) is 7.02. The number of nitrogens with zero attached hydrogens (tertiary/aromatic N) is 2. The van der Waals surface area contributed by atoms with E-state index in [1.54, 1.807) is 13.0 Å². The Kier molecular flexibility index (Phi) is 4.53. The molecule has 1 aliphatic carbocycles. The van der Waals surface area contributed by atoms with E-state index in [1.165, 1.54) is 0 Å². The molecule has 1 saturated carbocycles. The van der Waals surface area contributed by atoms with Crippen molar-refractivity contribution in [3.63, 3.8) is 0 Å². The zero-order chi connectivity index (χ0) is 18.4. The quantitative estimate of drug-likeness (QED) is 0.588. The number of pyridine rings is 1. The summed E-state index contributed by atoms with van der Waals surface area (Å²) in [5.74, 6) is 0.683. The van der Waals surface area contributed by atoms with Gasteiger partial charge < -0.3 is 9.09 Å². The van der Waals surface area contributed by atoms with E-state index in [2.05, 4.69) is 5.16 Å². The SMILES string of the molecule is Cc1onc2c1c(=O)n(C1CCCC(CC(=O)Cl)C1)c1cccc(Cl)c21. The third-order valence-corrected chi connectivity index (χ3v) is 5.82. The first-order valence-electron chi connectivity index (χ1n) is 8.74. The van der Waals surface area contributed by atoms with Crippen molar-refractivity contribution in [3.8, 4) is 0 Å². The van der Waals surface area contributed by atoms with Crippen LogP contribution < -0.4 is 5.56 Å². The molecule has 136 valence electrons. The molecule has 2 heterocycles. The molecule has 5 nitrogen and oxygen atoms in total. The number of hydrogen-bond donors (Lipinski definition) is 0. The molecule has 4 rings (SSSR count). The molecule has 0 saturated heterocycles. The fourth-order valence-electron chi connectivity index (χ4n) is 4.24. The van der Waals surface area contributed by atoms with Gasteiger partial charge in [-0.25, -0.2) is 0 Å². The Morgan fingerprint density at radius 2 is 2.15 bits per heavy atom. The second kappa shape index (κ2) is 6.71. The first-order valence-corrected chi connectivity index (χ1v) is 9.50. The monoisotopic (exact) mass is 392 g/mol. The molecule has 0 radical (unpaired) electrons. The minimum atomic E-state index is -0.318. The second-order valence-corrected chi connectivity index (χ2v) is 7.85. The van der Waals surface area contributed by atoms with Crippen LogP contribution in [0.15, 0.2) is 27.5 Å². The van der Waals surface area contributed by atoms with Gasteiger partial charge in [-0.1, -0.05) is 29.2 Å². The van der Waals surface area contributed by atoms with E-state index in [0.29, 0.717) is 28.1 Å². The summed E-state index contributed by atoms with van der Waals surface area (Å²) in [4.78, 5) is 24.6. The molecule has 0 spiro atoms. The van der Waals surface area contributed by atoms with Crippen molar-refractivity contribution in [3.05, 3.63) is 39.3 Å². The molecular formula is C19H18Cl2N2O3. The smallest absolute Gasteiger partial charge is 0.264 e. The standard InChI is InChI=1S/C19H18Cl2N2O3/c1-10-16-18(22-26-10)17-13(20)6-3-7-14(17)23(19(16)25)12-5-2-4-11(8-12)9-15(21)24/h3,6-7,11-12H,2,4-5,8-9H2,1H3. The lowest BCUT2D eigenvalue weighted by Crippen LogP contribution is -2.29. The van der Waals surface area contributed by atoms with E-state index in [9.17, 15) is 9.59 Å². The van der Waals surface area contributed by atoms with Crippen LogP contribution in [-0.4, -0.2) is 15.0 Å². The normalized spacial score (nSPS) is 20.7. The van der Waals surface area contributed by atoms with Crippen LogP contribution in [0.1, 0.15) is 43.9 Å². The molecule has 1 aromatic carbocycles. The Hall–Kier alpha value is -1.85. The van der Waals surface area contributed by atoms with Gasteiger partial charge in [-0.15, -0.1) is 0 Å². The topological polar surface area (TPSA) is 65.1 Å². The van der Waals surface area contributed by atoms with Crippen molar-refractivity contribution in [2.75, 3.05) is 0 Å². The van der Waals surface area contributed by atoms with Gasteiger partial charge in [0.1, 0.15) is 16.7 Å². The third kappa shape index (κ3) is 2.83. The van der Waals surface area contributed by atoms with Gasteiger partial charge in [-0.2, -0.15) is 0 Å². The first kappa shape index (κ1) is 17.6. The number of carbonyl (C=O) groups excluding carboxylic acids is 1. The maximum Gasteiger partial charge on any atom is 0.264 e. The molecule has 2 aromatic heterocycles. The fourth-order valence-corrected chi connectivity index (χ4v) is 4.72. The van der Waals surface area contributed by atoms with Crippen molar-refractivity contribution in [1.82, 2.24) is 9.72 Å². The lowest BCUT2D eigenvalue weighted by molar-refractivity contribution is -0.112. The molecule has 1 fully saturated rings. The molecule has 0 aliphatic heterocycles. The zero-order valence-electron chi connectivity index (χ0n) is 14.3. The van der Waals surface area contributed by atoms with Crippen LogP contribution in [0, 0.1) is 12.8 Å². The van der Waals surface area contributed by atoms with E-state index < -0.39 is 0 Å².